The second kappa shape index (κ2) is 11.8. The van der Waals surface area contributed by atoms with E-state index in [-0.39, 0.29) is 11.6 Å². The van der Waals surface area contributed by atoms with Crippen molar-refractivity contribution >= 4 is 46.9 Å². The number of hydrogen-bond donors (Lipinski definition) is 3. The molecule has 3 rings (SSSR count). The van der Waals surface area contributed by atoms with Gasteiger partial charge in [0.2, 0.25) is 0 Å². The number of carbonyl (C=O) groups excluding carboxylic acids is 3. The number of ether oxygens (including phenoxy) is 1. The highest BCUT2D eigenvalue weighted by molar-refractivity contribution is 6.39. The fourth-order valence-corrected chi connectivity index (χ4v) is 3.09. The van der Waals surface area contributed by atoms with Crippen molar-refractivity contribution in [3.05, 3.63) is 88.2 Å². The van der Waals surface area contributed by atoms with Crippen LogP contribution in [0.15, 0.2) is 65.8 Å². The van der Waals surface area contributed by atoms with E-state index >= 15 is 0 Å². The van der Waals surface area contributed by atoms with E-state index in [9.17, 15) is 18.8 Å². The summed E-state index contributed by atoms with van der Waals surface area (Å²) in [5, 5.41) is 8.78. The summed E-state index contributed by atoms with van der Waals surface area (Å²) in [6.07, 6.45) is 1.29. The molecule has 0 unspecified atom stereocenters. The van der Waals surface area contributed by atoms with E-state index < -0.39 is 23.5 Å². The topological polar surface area (TPSA) is 109 Å². The van der Waals surface area contributed by atoms with Gasteiger partial charge in [-0.05, 0) is 61.4 Å². The molecule has 0 radical (unpaired) electrons. The molecule has 180 valence electrons. The lowest BCUT2D eigenvalue weighted by Crippen LogP contribution is -2.32. The van der Waals surface area contributed by atoms with Crippen LogP contribution in [0.2, 0.25) is 5.02 Å². The third-order valence-electron chi connectivity index (χ3n) is 4.91. The van der Waals surface area contributed by atoms with Gasteiger partial charge in [0.05, 0.1) is 11.2 Å². The maximum absolute atomic E-state index is 13.2. The van der Waals surface area contributed by atoms with Gasteiger partial charge >= 0.3 is 11.8 Å². The average molecular weight is 497 g/mol. The minimum atomic E-state index is -0.946. The van der Waals surface area contributed by atoms with Crippen LogP contribution in [-0.4, -0.2) is 30.5 Å². The molecule has 3 aromatic rings. The molecule has 0 fully saturated rings. The molecular weight excluding hydrogens is 475 g/mol. The highest BCUT2D eigenvalue weighted by Crippen LogP contribution is 2.20. The van der Waals surface area contributed by atoms with Crippen LogP contribution >= 0.6 is 11.6 Å². The van der Waals surface area contributed by atoms with Crippen LogP contribution in [0.1, 0.15) is 16.7 Å². The quantitative estimate of drug-likeness (QED) is 0.259. The zero-order valence-corrected chi connectivity index (χ0v) is 19.7. The van der Waals surface area contributed by atoms with Gasteiger partial charge in [-0.2, -0.15) is 5.10 Å². The summed E-state index contributed by atoms with van der Waals surface area (Å²) >= 11 is 5.71. The van der Waals surface area contributed by atoms with Crippen molar-refractivity contribution in [3.8, 4) is 5.75 Å². The lowest BCUT2D eigenvalue weighted by molar-refractivity contribution is -0.136. The minimum absolute atomic E-state index is 0.116. The number of benzene rings is 3. The van der Waals surface area contributed by atoms with E-state index in [0.29, 0.717) is 22.7 Å². The molecule has 0 spiro atoms. The Balaban J connectivity index is 1.55. The third-order valence-corrected chi connectivity index (χ3v) is 5.20. The first-order valence-electron chi connectivity index (χ1n) is 10.4. The first-order valence-corrected chi connectivity index (χ1v) is 10.8. The molecule has 0 atom stereocenters. The van der Waals surface area contributed by atoms with Gasteiger partial charge in [0.1, 0.15) is 11.6 Å². The first-order chi connectivity index (χ1) is 16.7. The molecule has 10 heteroatoms. The van der Waals surface area contributed by atoms with Crippen LogP contribution in [0.3, 0.4) is 0 Å². The second-order valence-corrected chi connectivity index (χ2v) is 7.81. The molecule has 0 aliphatic heterocycles. The number of hydrazone groups is 1. The number of para-hydroxylation sites is 1. The summed E-state index contributed by atoms with van der Waals surface area (Å²) in [6.45, 7) is 3.40. The number of carbonyl (C=O) groups is 3. The van der Waals surface area contributed by atoms with Crippen molar-refractivity contribution in [3.63, 3.8) is 0 Å². The predicted octanol–water partition coefficient (Wildman–Crippen LogP) is 4.20. The SMILES string of the molecule is Cc1cccc(NC(=O)C(=O)N/N=C\c2ccccc2OCC(=O)Nc2ccc(F)c(Cl)c2)c1C. The summed E-state index contributed by atoms with van der Waals surface area (Å²) in [7, 11) is 0. The van der Waals surface area contributed by atoms with E-state index in [1.807, 2.05) is 19.9 Å². The summed E-state index contributed by atoms with van der Waals surface area (Å²) in [5.74, 6) is -2.58. The molecule has 3 amide bonds. The molecule has 8 nitrogen and oxygen atoms in total. The predicted molar refractivity (Wildman–Crippen MR) is 132 cm³/mol. The summed E-state index contributed by atoms with van der Waals surface area (Å²) < 4.78 is 18.8. The number of halogens is 2. The molecule has 0 heterocycles. The van der Waals surface area contributed by atoms with Crippen LogP contribution in [0.5, 0.6) is 5.75 Å². The Hall–Kier alpha value is -4.24. The standard InChI is InChI=1S/C25H22ClFN4O4/c1-15-6-5-8-21(16(15)2)30-24(33)25(34)31-28-13-17-7-3-4-9-22(17)35-14-23(32)29-18-10-11-20(27)19(26)12-18/h3-13H,14H2,1-2H3,(H,29,32)(H,30,33)(H,31,34)/b28-13-. The van der Waals surface area contributed by atoms with Crippen molar-refractivity contribution in [2.24, 2.45) is 5.10 Å². The van der Waals surface area contributed by atoms with E-state index in [1.165, 1.54) is 18.3 Å². The van der Waals surface area contributed by atoms with E-state index in [2.05, 4.69) is 21.2 Å². The molecule has 3 N–H and O–H groups in total. The number of amides is 3. The smallest absolute Gasteiger partial charge is 0.329 e. The number of nitrogens with one attached hydrogen (secondary N) is 3. The molecular formula is C25H22ClFN4O4. The van der Waals surface area contributed by atoms with Gasteiger partial charge in [-0.1, -0.05) is 35.9 Å². The number of aryl methyl sites for hydroxylation is 1. The van der Waals surface area contributed by atoms with Gasteiger partial charge in [-0.3, -0.25) is 14.4 Å². The Bertz CT molecular complexity index is 1300. The Morgan fingerprint density at radius 3 is 2.54 bits per heavy atom. The zero-order valence-electron chi connectivity index (χ0n) is 18.9. The van der Waals surface area contributed by atoms with Gasteiger partial charge in [0.15, 0.2) is 6.61 Å². The van der Waals surface area contributed by atoms with E-state index in [0.717, 1.165) is 17.2 Å². The van der Waals surface area contributed by atoms with Crippen LogP contribution in [0.4, 0.5) is 15.8 Å². The van der Waals surface area contributed by atoms with Gasteiger partial charge in [0, 0.05) is 16.9 Å². The van der Waals surface area contributed by atoms with Gasteiger partial charge in [0.25, 0.3) is 5.91 Å². The Kier molecular flexibility index (Phi) is 8.53. The van der Waals surface area contributed by atoms with E-state index in [1.54, 1.807) is 36.4 Å². The second-order valence-electron chi connectivity index (χ2n) is 7.40. The molecule has 35 heavy (non-hydrogen) atoms. The lowest BCUT2D eigenvalue weighted by Gasteiger charge is -2.10. The van der Waals surface area contributed by atoms with Crippen molar-refractivity contribution < 1.29 is 23.5 Å². The molecule has 0 aromatic heterocycles. The molecule has 0 bridgehead atoms. The van der Waals surface area contributed by atoms with Gasteiger partial charge in [-0.25, -0.2) is 9.82 Å². The summed E-state index contributed by atoms with van der Waals surface area (Å²) in [4.78, 5) is 36.4. The largest absolute Gasteiger partial charge is 0.483 e. The Morgan fingerprint density at radius 2 is 1.77 bits per heavy atom. The zero-order chi connectivity index (χ0) is 25.4. The third kappa shape index (κ3) is 7.12. The van der Waals surface area contributed by atoms with Crippen molar-refractivity contribution in [2.45, 2.75) is 13.8 Å². The van der Waals surface area contributed by atoms with Gasteiger partial charge < -0.3 is 15.4 Å². The maximum atomic E-state index is 13.2. The fraction of sp³-hybridized carbons (Fsp3) is 0.120. The Morgan fingerprint density at radius 1 is 1.00 bits per heavy atom. The van der Waals surface area contributed by atoms with Crippen LogP contribution in [0, 0.1) is 19.7 Å². The van der Waals surface area contributed by atoms with Crippen molar-refractivity contribution in [1.82, 2.24) is 5.43 Å². The summed E-state index contributed by atoms with van der Waals surface area (Å²) in [6, 6.07) is 15.8. The average Bonchev–Trinajstić information content (AvgIpc) is 2.83. The molecule has 3 aromatic carbocycles. The summed E-state index contributed by atoms with van der Waals surface area (Å²) in [5.41, 5.74) is 5.31. The first kappa shape index (κ1) is 25.4. The molecule has 0 saturated carbocycles. The van der Waals surface area contributed by atoms with Crippen molar-refractivity contribution in [2.75, 3.05) is 17.2 Å². The van der Waals surface area contributed by atoms with Crippen molar-refractivity contribution in [1.29, 1.82) is 0 Å². The number of hydrogen-bond acceptors (Lipinski definition) is 5. The molecule has 0 saturated heterocycles. The highest BCUT2D eigenvalue weighted by atomic mass is 35.5. The minimum Gasteiger partial charge on any atom is -0.483 e. The monoisotopic (exact) mass is 496 g/mol. The molecule has 0 aliphatic carbocycles. The maximum Gasteiger partial charge on any atom is 0.329 e. The lowest BCUT2D eigenvalue weighted by atomic mass is 10.1. The Labute approximate surface area is 206 Å². The number of nitrogens with zero attached hydrogens (tertiary/aromatic N) is 1. The van der Waals surface area contributed by atoms with E-state index in [4.69, 9.17) is 16.3 Å². The van der Waals surface area contributed by atoms with Gasteiger partial charge in [-0.15, -0.1) is 0 Å². The molecule has 0 aliphatic rings. The number of rotatable bonds is 7. The normalized spacial score (nSPS) is 10.6. The van der Waals surface area contributed by atoms with Crippen LogP contribution in [-0.2, 0) is 14.4 Å². The number of anilines is 2. The fourth-order valence-electron chi connectivity index (χ4n) is 2.91. The highest BCUT2D eigenvalue weighted by Gasteiger charge is 2.14. The van der Waals surface area contributed by atoms with Crippen LogP contribution in [0.25, 0.3) is 0 Å². The van der Waals surface area contributed by atoms with Crippen LogP contribution < -0.4 is 20.8 Å².